The van der Waals surface area contributed by atoms with Crippen molar-refractivity contribution in [3.63, 3.8) is 0 Å². The zero-order chi connectivity index (χ0) is 17.4. The molecule has 128 valence electrons. The third-order valence-corrected chi connectivity index (χ3v) is 4.02. The van der Waals surface area contributed by atoms with Gasteiger partial charge in [-0.3, -0.25) is 4.79 Å². The molecule has 7 heteroatoms. The van der Waals surface area contributed by atoms with Crippen LogP contribution in [0.15, 0.2) is 35.1 Å². The third-order valence-electron chi connectivity index (χ3n) is 4.02. The number of nitrogens with zero attached hydrogens (tertiary/aromatic N) is 1. The molecule has 0 unspecified atom stereocenters. The van der Waals surface area contributed by atoms with Crippen LogP contribution in [0.5, 0.6) is 23.0 Å². The van der Waals surface area contributed by atoms with Crippen LogP contribution >= 0.6 is 0 Å². The van der Waals surface area contributed by atoms with Crippen molar-refractivity contribution in [2.45, 2.75) is 0 Å². The van der Waals surface area contributed by atoms with Gasteiger partial charge in [-0.2, -0.15) is 0 Å². The van der Waals surface area contributed by atoms with E-state index in [0.717, 1.165) is 5.56 Å². The summed E-state index contributed by atoms with van der Waals surface area (Å²) >= 11 is 0. The highest BCUT2D eigenvalue weighted by Gasteiger charge is 2.16. The third kappa shape index (κ3) is 2.63. The van der Waals surface area contributed by atoms with E-state index in [1.54, 1.807) is 31.4 Å². The van der Waals surface area contributed by atoms with Crippen LogP contribution in [0.3, 0.4) is 0 Å². The lowest BCUT2D eigenvalue weighted by Crippen LogP contribution is -2.15. The number of ether oxygens (including phenoxy) is 4. The predicted molar refractivity (Wildman–Crippen MR) is 91.9 cm³/mol. The summed E-state index contributed by atoms with van der Waals surface area (Å²) < 4.78 is 21.7. The summed E-state index contributed by atoms with van der Waals surface area (Å²) in [7, 11) is 3.05. The molecule has 0 fully saturated rings. The summed E-state index contributed by atoms with van der Waals surface area (Å²) in [5, 5.41) is 0.379. The second-order valence-electron chi connectivity index (χ2n) is 5.50. The molecule has 1 N–H and O–H groups in total. The summed E-state index contributed by atoms with van der Waals surface area (Å²) in [5.41, 5.74) is 0.935. The van der Waals surface area contributed by atoms with E-state index >= 15 is 0 Å². The Hall–Kier alpha value is -3.22. The fourth-order valence-corrected chi connectivity index (χ4v) is 2.82. The summed E-state index contributed by atoms with van der Waals surface area (Å²) in [6.07, 6.45) is 0. The summed E-state index contributed by atoms with van der Waals surface area (Å²) in [6.45, 7) is 1.02. The molecule has 7 nitrogen and oxygen atoms in total. The van der Waals surface area contributed by atoms with Gasteiger partial charge < -0.3 is 23.9 Å². The van der Waals surface area contributed by atoms with Gasteiger partial charge >= 0.3 is 0 Å². The standard InChI is InChI=1S/C18H16N2O5/c1-22-11-8-12-16(15(9-11)23-2)18(21)20-17(19-12)10-3-4-13-14(7-10)25-6-5-24-13/h3-4,7-9H,5-6H2,1-2H3,(H,19,20,21). The van der Waals surface area contributed by atoms with E-state index in [4.69, 9.17) is 18.9 Å². The number of fused-ring (bicyclic) bond motifs is 2. The molecule has 2 heterocycles. The van der Waals surface area contributed by atoms with E-state index < -0.39 is 0 Å². The number of aromatic amines is 1. The van der Waals surface area contributed by atoms with Crippen LogP contribution in [0.4, 0.5) is 0 Å². The van der Waals surface area contributed by atoms with Crippen LogP contribution in [-0.2, 0) is 0 Å². The van der Waals surface area contributed by atoms with Crippen LogP contribution in [0.2, 0.25) is 0 Å². The normalized spacial score (nSPS) is 12.9. The molecule has 1 aliphatic rings. The fourth-order valence-electron chi connectivity index (χ4n) is 2.82. The molecular weight excluding hydrogens is 324 g/mol. The lowest BCUT2D eigenvalue weighted by atomic mass is 10.1. The number of aromatic nitrogens is 2. The first-order chi connectivity index (χ1) is 12.2. The lowest BCUT2D eigenvalue weighted by Gasteiger charge is -2.18. The Kier molecular flexibility index (Phi) is 3.68. The summed E-state index contributed by atoms with van der Waals surface area (Å²) in [6, 6.07) is 8.79. The minimum absolute atomic E-state index is 0.283. The first kappa shape index (κ1) is 15.3. The Morgan fingerprint density at radius 2 is 1.84 bits per heavy atom. The highest BCUT2D eigenvalue weighted by molar-refractivity contribution is 5.87. The molecule has 3 aromatic rings. The molecule has 2 aromatic carbocycles. The Morgan fingerprint density at radius 3 is 2.60 bits per heavy atom. The van der Waals surface area contributed by atoms with Crippen molar-refractivity contribution in [2.75, 3.05) is 27.4 Å². The minimum atomic E-state index is -0.283. The molecule has 0 amide bonds. The quantitative estimate of drug-likeness (QED) is 0.788. The average molecular weight is 340 g/mol. The SMILES string of the molecule is COc1cc(OC)c2c(=O)[nH]c(-c3ccc4c(c3)OCCO4)nc2c1. The smallest absolute Gasteiger partial charge is 0.262 e. The predicted octanol–water partition coefficient (Wildman–Crippen LogP) is 2.38. The zero-order valence-corrected chi connectivity index (χ0v) is 13.8. The molecule has 0 radical (unpaired) electrons. The molecule has 1 aromatic heterocycles. The monoisotopic (exact) mass is 340 g/mol. The van der Waals surface area contributed by atoms with E-state index in [1.807, 2.05) is 6.07 Å². The maximum Gasteiger partial charge on any atom is 0.262 e. The van der Waals surface area contributed by atoms with Crippen molar-refractivity contribution < 1.29 is 18.9 Å². The van der Waals surface area contributed by atoms with Gasteiger partial charge in [-0.1, -0.05) is 0 Å². The van der Waals surface area contributed by atoms with Gasteiger partial charge in [0.2, 0.25) is 0 Å². The minimum Gasteiger partial charge on any atom is -0.497 e. The Labute approximate surface area is 143 Å². The number of benzene rings is 2. The van der Waals surface area contributed by atoms with E-state index in [9.17, 15) is 4.79 Å². The van der Waals surface area contributed by atoms with Crippen molar-refractivity contribution in [1.82, 2.24) is 9.97 Å². The van der Waals surface area contributed by atoms with Crippen molar-refractivity contribution in [2.24, 2.45) is 0 Å². The number of rotatable bonds is 3. The second-order valence-corrected chi connectivity index (χ2v) is 5.50. The van der Waals surface area contributed by atoms with Gasteiger partial charge in [0.25, 0.3) is 5.56 Å². The topological polar surface area (TPSA) is 82.7 Å². The number of methoxy groups -OCH3 is 2. The van der Waals surface area contributed by atoms with Crippen LogP contribution in [0.1, 0.15) is 0 Å². The second kappa shape index (κ2) is 6.01. The Bertz CT molecular complexity index is 1010. The summed E-state index contributed by atoms with van der Waals surface area (Å²) in [5.74, 6) is 2.73. The molecule has 0 spiro atoms. The van der Waals surface area contributed by atoms with Gasteiger partial charge in [0.15, 0.2) is 11.5 Å². The van der Waals surface area contributed by atoms with Crippen LogP contribution < -0.4 is 24.5 Å². The number of hydrogen-bond acceptors (Lipinski definition) is 6. The highest BCUT2D eigenvalue weighted by atomic mass is 16.6. The van der Waals surface area contributed by atoms with Crippen molar-refractivity contribution in [3.05, 3.63) is 40.7 Å². The fraction of sp³-hybridized carbons (Fsp3) is 0.222. The van der Waals surface area contributed by atoms with Gasteiger partial charge in [0, 0.05) is 17.7 Å². The molecule has 0 saturated heterocycles. The molecular formula is C18H16N2O5. The maximum absolute atomic E-state index is 12.6. The van der Waals surface area contributed by atoms with Crippen LogP contribution in [-0.4, -0.2) is 37.4 Å². The molecule has 0 aliphatic carbocycles. The number of H-pyrrole nitrogens is 1. The number of hydrogen-bond donors (Lipinski definition) is 1. The van der Waals surface area contributed by atoms with Crippen LogP contribution in [0, 0.1) is 0 Å². The van der Waals surface area contributed by atoms with E-state index in [1.165, 1.54) is 7.11 Å². The van der Waals surface area contributed by atoms with E-state index in [0.29, 0.717) is 52.9 Å². The van der Waals surface area contributed by atoms with Gasteiger partial charge in [0.05, 0.1) is 19.7 Å². The Balaban J connectivity index is 1.90. The molecule has 4 rings (SSSR count). The van der Waals surface area contributed by atoms with Crippen molar-refractivity contribution >= 4 is 10.9 Å². The lowest BCUT2D eigenvalue weighted by molar-refractivity contribution is 0.171. The van der Waals surface area contributed by atoms with Crippen molar-refractivity contribution in [1.29, 1.82) is 0 Å². The van der Waals surface area contributed by atoms with Crippen LogP contribution in [0.25, 0.3) is 22.3 Å². The average Bonchev–Trinajstić information content (AvgIpc) is 2.66. The van der Waals surface area contributed by atoms with Gasteiger partial charge in [-0.25, -0.2) is 4.98 Å². The highest BCUT2D eigenvalue weighted by Crippen LogP contribution is 2.34. The van der Waals surface area contributed by atoms with Crippen molar-refractivity contribution in [3.8, 4) is 34.4 Å². The van der Waals surface area contributed by atoms with Gasteiger partial charge in [-0.05, 0) is 18.2 Å². The first-order valence-electron chi connectivity index (χ1n) is 7.75. The summed E-state index contributed by atoms with van der Waals surface area (Å²) in [4.78, 5) is 19.9. The molecule has 0 saturated carbocycles. The van der Waals surface area contributed by atoms with E-state index in [-0.39, 0.29) is 5.56 Å². The maximum atomic E-state index is 12.6. The molecule has 1 aliphatic heterocycles. The zero-order valence-electron chi connectivity index (χ0n) is 13.8. The Morgan fingerprint density at radius 1 is 1.04 bits per heavy atom. The molecule has 0 atom stereocenters. The molecule has 0 bridgehead atoms. The first-order valence-corrected chi connectivity index (χ1v) is 7.75. The molecule has 25 heavy (non-hydrogen) atoms. The largest absolute Gasteiger partial charge is 0.497 e. The van der Waals surface area contributed by atoms with Gasteiger partial charge in [-0.15, -0.1) is 0 Å². The van der Waals surface area contributed by atoms with Gasteiger partial charge in [0.1, 0.15) is 35.9 Å². The number of nitrogens with one attached hydrogen (secondary N) is 1. The van der Waals surface area contributed by atoms with E-state index in [2.05, 4.69) is 9.97 Å².